The lowest BCUT2D eigenvalue weighted by molar-refractivity contribution is -0.143. The van der Waals surface area contributed by atoms with Crippen LogP contribution in [-0.2, 0) is 22.7 Å². The Morgan fingerprint density at radius 3 is 2.50 bits per heavy atom. The molecule has 7 heteroatoms. The van der Waals surface area contributed by atoms with Crippen LogP contribution in [0.5, 0.6) is 17.2 Å². The molecule has 1 aromatic heterocycles. The molecule has 2 aromatic carbocycles. The Kier molecular flexibility index (Phi) is 7.32. The molecule has 0 spiro atoms. The molecule has 0 saturated carbocycles. The minimum atomic E-state index is -0.229. The molecule has 0 N–H and O–H groups in total. The third kappa shape index (κ3) is 5.53. The predicted molar refractivity (Wildman–Crippen MR) is 113 cm³/mol. The van der Waals surface area contributed by atoms with E-state index in [2.05, 4.69) is 5.10 Å². The first-order valence-electron chi connectivity index (χ1n) is 9.76. The summed E-state index contributed by atoms with van der Waals surface area (Å²) in [4.78, 5) is 11.5. The first-order chi connectivity index (χ1) is 14.6. The van der Waals surface area contributed by atoms with Gasteiger partial charge in [-0.1, -0.05) is 12.1 Å². The Morgan fingerprint density at radius 2 is 1.80 bits per heavy atom. The Hall–Kier alpha value is -3.48. The molecule has 0 unspecified atom stereocenters. The molecule has 0 bridgehead atoms. The maximum absolute atomic E-state index is 11.5. The van der Waals surface area contributed by atoms with Gasteiger partial charge in [-0.05, 0) is 48.9 Å². The van der Waals surface area contributed by atoms with E-state index >= 15 is 0 Å². The largest absolute Gasteiger partial charge is 0.497 e. The van der Waals surface area contributed by atoms with Gasteiger partial charge >= 0.3 is 5.97 Å². The van der Waals surface area contributed by atoms with E-state index < -0.39 is 0 Å². The van der Waals surface area contributed by atoms with Crippen LogP contribution in [0.25, 0.3) is 11.3 Å². The van der Waals surface area contributed by atoms with Gasteiger partial charge in [-0.2, -0.15) is 5.10 Å². The first kappa shape index (κ1) is 21.2. The quantitative estimate of drug-likeness (QED) is 0.469. The molecule has 158 valence electrons. The van der Waals surface area contributed by atoms with E-state index in [0.29, 0.717) is 31.3 Å². The predicted octanol–water partition coefficient (Wildman–Crippen LogP) is 4.10. The van der Waals surface area contributed by atoms with Gasteiger partial charge in [0.2, 0.25) is 0 Å². The summed E-state index contributed by atoms with van der Waals surface area (Å²) in [6.45, 7) is 3.05. The number of ether oxygens (including phenoxy) is 4. The van der Waals surface area contributed by atoms with Crippen LogP contribution in [0, 0.1) is 0 Å². The lowest BCUT2D eigenvalue weighted by Crippen LogP contribution is -2.09. The van der Waals surface area contributed by atoms with Gasteiger partial charge in [0.15, 0.2) is 11.5 Å². The maximum Gasteiger partial charge on any atom is 0.307 e. The molecule has 7 nitrogen and oxygen atoms in total. The monoisotopic (exact) mass is 410 g/mol. The van der Waals surface area contributed by atoms with Crippen molar-refractivity contribution >= 4 is 5.97 Å². The Bertz CT molecular complexity index is 966. The molecular formula is C23H26N2O5. The van der Waals surface area contributed by atoms with Crippen LogP contribution in [0.15, 0.2) is 54.7 Å². The third-order valence-electron chi connectivity index (χ3n) is 4.50. The van der Waals surface area contributed by atoms with Gasteiger partial charge in [0, 0.05) is 11.8 Å². The van der Waals surface area contributed by atoms with Crippen molar-refractivity contribution in [3.63, 3.8) is 0 Å². The molecule has 0 fully saturated rings. The van der Waals surface area contributed by atoms with Crippen LogP contribution in [0.2, 0.25) is 0 Å². The first-order valence-corrected chi connectivity index (χ1v) is 9.76. The minimum Gasteiger partial charge on any atom is -0.497 e. The topological polar surface area (TPSA) is 71.8 Å². The zero-order chi connectivity index (χ0) is 21.3. The highest BCUT2D eigenvalue weighted by Gasteiger charge is 2.11. The van der Waals surface area contributed by atoms with E-state index in [1.165, 1.54) is 0 Å². The van der Waals surface area contributed by atoms with Gasteiger partial charge in [-0.25, -0.2) is 0 Å². The number of aryl methyl sites for hydroxylation is 1. The number of hydrogen-bond acceptors (Lipinski definition) is 6. The van der Waals surface area contributed by atoms with Crippen molar-refractivity contribution < 1.29 is 23.7 Å². The van der Waals surface area contributed by atoms with E-state index in [9.17, 15) is 4.79 Å². The Labute approximate surface area is 176 Å². The van der Waals surface area contributed by atoms with Crippen molar-refractivity contribution in [3.05, 3.63) is 60.3 Å². The second-order valence-electron chi connectivity index (χ2n) is 6.52. The number of hydrogen-bond donors (Lipinski definition) is 0. The van der Waals surface area contributed by atoms with Crippen LogP contribution in [-0.4, -0.2) is 36.6 Å². The molecular weight excluding hydrogens is 384 g/mol. The molecule has 3 aromatic rings. The summed E-state index contributed by atoms with van der Waals surface area (Å²) in [5.74, 6) is 1.85. The molecule has 0 aliphatic carbocycles. The molecule has 0 aliphatic rings. The molecule has 3 rings (SSSR count). The fraction of sp³-hybridized carbons (Fsp3) is 0.304. The summed E-state index contributed by atoms with van der Waals surface area (Å²) in [5.41, 5.74) is 2.71. The molecule has 1 heterocycles. The highest BCUT2D eigenvalue weighted by molar-refractivity contribution is 5.69. The summed E-state index contributed by atoms with van der Waals surface area (Å²) in [7, 11) is 3.25. The number of carbonyl (C=O) groups excluding carboxylic acids is 1. The standard InChI is InChI=1S/C23H26N2O5/c1-4-29-23(26)12-14-25-13-11-20(24-25)18-7-10-21(28-3)22(15-18)30-16-17-5-8-19(27-2)9-6-17/h5-11,13,15H,4,12,14,16H2,1-3H3. The summed E-state index contributed by atoms with van der Waals surface area (Å²) < 4.78 is 23.3. The van der Waals surface area contributed by atoms with Crippen LogP contribution < -0.4 is 14.2 Å². The van der Waals surface area contributed by atoms with E-state index in [0.717, 1.165) is 22.6 Å². The van der Waals surface area contributed by atoms with E-state index in [1.807, 2.05) is 54.7 Å². The van der Waals surface area contributed by atoms with Crippen molar-refractivity contribution in [1.82, 2.24) is 9.78 Å². The zero-order valence-electron chi connectivity index (χ0n) is 17.5. The molecule has 0 atom stereocenters. The Balaban J connectivity index is 1.70. The van der Waals surface area contributed by atoms with Crippen molar-refractivity contribution in [2.75, 3.05) is 20.8 Å². The van der Waals surface area contributed by atoms with E-state index in [-0.39, 0.29) is 12.4 Å². The van der Waals surface area contributed by atoms with Crippen LogP contribution in [0.3, 0.4) is 0 Å². The lowest BCUT2D eigenvalue weighted by Gasteiger charge is -2.12. The highest BCUT2D eigenvalue weighted by atomic mass is 16.5. The third-order valence-corrected chi connectivity index (χ3v) is 4.50. The van der Waals surface area contributed by atoms with Gasteiger partial charge in [0.1, 0.15) is 12.4 Å². The molecule has 0 saturated heterocycles. The molecule has 30 heavy (non-hydrogen) atoms. The van der Waals surface area contributed by atoms with Gasteiger partial charge in [-0.15, -0.1) is 0 Å². The van der Waals surface area contributed by atoms with Gasteiger partial charge in [0.25, 0.3) is 0 Å². The van der Waals surface area contributed by atoms with E-state index in [1.54, 1.807) is 25.8 Å². The van der Waals surface area contributed by atoms with Gasteiger partial charge < -0.3 is 18.9 Å². The highest BCUT2D eigenvalue weighted by Crippen LogP contribution is 2.32. The Morgan fingerprint density at radius 1 is 1.00 bits per heavy atom. The number of rotatable bonds is 10. The molecule has 0 aliphatic heterocycles. The number of methoxy groups -OCH3 is 2. The number of aromatic nitrogens is 2. The summed E-state index contributed by atoms with van der Waals surface area (Å²) >= 11 is 0. The van der Waals surface area contributed by atoms with Crippen LogP contribution >= 0.6 is 0 Å². The number of esters is 1. The second kappa shape index (κ2) is 10.3. The second-order valence-corrected chi connectivity index (χ2v) is 6.52. The van der Waals surface area contributed by atoms with Crippen molar-refractivity contribution in [2.45, 2.75) is 26.5 Å². The number of nitrogens with zero attached hydrogens (tertiary/aromatic N) is 2. The molecule has 0 radical (unpaired) electrons. The van der Waals surface area contributed by atoms with E-state index in [4.69, 9.17) is 18.9 Å². The normalized spacial score (nSPS) is 10.5. The lowest BCUT2D eigenvalue weighted by atomic mass is 10.1. The average molecular weight is 410 g/mol. The van der Waals surface area contributed by atoms with Crippen LogP contribution in [0.4, 0.5) is 0 Å². The van der Waals surface area contributed by atoms with Gasteiger partial charge in [-0.3, -0.25) is 9.48 Å². The maximum atomic E-state index is 11.5. The minimum absolute atomic E-state index is 0.229. The van der Waals surface area contributed by atoms with Gasteiger partial charge in [0.05, 0.1) is 39.5 Å². The summed E-state index contributed by atoms with van der Waals surface area (Å²) in [6.07, 6.45) is 2.13. The van der Waals surface area contributed by atoms with Crippen molar-refractivity contribution in [1.29, 1.82) is 0 Å². The number of benzene rings is 2. The summed E-state index contributed by atoms with van der Waals surface area (Å²) in [6, 6.07) is 15.3. The van der Waals surface area contributed by atoms with Crippen molar-refractivity contribution in [3.8, 4) is 28.5 Å². The SMILES string of the molecule is CCOC(=O)CCn1ccc(-c2ccc(OC)c(OCc3ccc(OC)cc3)c2)n1. The smallest absolute Gasteiger partial charge is 0.307 e. The fourth-order valence-electron chi connectivity index (χ4n) is 2.91. The summed E-state index contributed by atoms with van der Waals surface area (Å²) in [5, 5.41) is 4.55. The fourth-order valence-corrected chi connectivity index (χ4v) is 2.91. The van der Waals surface area contributed by atoms with Crippen LogP contribution in [0.1, 0.15) is 18.9 Å². The zero-order valence-corrected chi connectivity index (χ0v) is 17.5. The molecule has 0 amide bonds. The average Bonchev–Trinajstić information content (AvgIpc) is 3.26. The van der Waals surface area contributed by atoms with Crippen molar-refractivity contribution in [2.24, 2.45) is 0 Å². The number of carbonyl (C=O) groups is 1.